The van der Waals surface area contributed by atoms with Gasteiger partial charge in [0.05, 0.1) is 11.5 Å². The van der Waals surface area contributed by atoms with Gasteiger partial charge in [-0.15, -0.1) is 0 Å². The predicted molar refractivity (Wildman–Crippen MR) is 58.4 cm³/mol. The third-order valence-electron chi connectivity index (χ3n) is 2.84. The van der Waals surface area contributed by atoms with E-state index in [1.54, 1.807) is 0 Å². The molecule has 0 aromatic heterocycles. The molecule has 0 radical (unpaired) electrons. The van der Waals surface area contributed by atoms with Crippen molar-refractivity contribution in [1.29, 1.82) is 5.26 Å². The van der Waals surface area contributed by atoms with Crippen LogP contribution in [0.5, 0.6) is 0 Å². The van der Waals surface area contributed by atoms with E-state index in [-0.39, 0.29) is 11.5 Å². The van der Waals surface area contributed by atoms with Gasteiger partial charge in [-0.05, 0) is 30.5 Å². The van der Waals surface area contributed by atoms with Gasteiger partial charge in [-0.3, -0.25) is 0 Å². The Labute approximate surface area is 91.9 Å². The Bertz CT molecular complexity index is 373. The van der Waals surface area contributed by atoms with Crippen molar-refractivity contribution in [2.24, 2.45) is 11.1 Å². The maximum Gasteiger partial charge on any atom is 0.0767 e. The average molecular weight is 251 g/mol. The molecule has 1 fully saturated rings. The molecule has 1 aliphatic carbocycles. The zero-order valence-electron chi connectivity index (χ0n) is 7.70. The lowest BCUT2D eigenvalue weighted by Crippen LogP contribution is -2.21. The summed E-state index contributed by atoms with van der Waals surface area (Å²) in [6, 6.07) is 10.1. The van der Waals surface area contributed by atoms with Gasteiger partial charge >= 0.3 is 0 Å². The summed E-state index contributed by atoms with van der Waals surface area (Å²) in [6.45, 7) is 0. The van der Waals surface area contributed by atoms with Crippen LogP contribution in [-0.2, 0) is 0 Å². The molecule has 0 saturated heterocycles. The van der Waals surface area contributed by atoms with Gasteiger partial charge in [-0.25, -0.2) is 0 Å². The first-order valence-corrected chi connectivity index (χ1v) is 5.39. The third-order valence-corrected chi connectivity index (χ3v) is 3.36. The largest absolute Gasteiger partial charge is 0.323 e. The van der Waals surface area contributed by atoms with Crippen LogP contribution < -0.4 is 5.73 Å². The summed E-state index contributed by atoms with van der Waals surface area (Å²) in [5, 5.41) is 9.00. The van der Waals surface area contributed by atoms with Crippen molar-refractivity contribution >= 4 is 15.9 Å². The van der Waals surface area contributed by atoms with Gasteiger partial charge in [0.25, 0.3) is 0 Å². The summed E-state index contributed by atoms with van der Waals surface area (Å²) >= 11 is 3.37. The second kappa shape index (κ2) is 3.38. The number of nitriles is 1. The Morgan fingerprint density at radius 3 is 2.36 bits per heavy atom. The number of benzene rings is 1. The molecule has 1 unspecified atom stereocenters. The van der Waals surface area contributed by atoms with Gasteiger partial charge in [-0.1, -0.05) is 28.1 Å². The number of halogens is 1. The van der Waals surface area contributed by atoms with Crippen LogP contribution in [0.2, 0.25) is 0 Å². The Morgan fingerprint density at radius 1 is 1.36 bits per heavy atom. The third kappa shape index (κ3) is 1.56. The molecular formula is C11H11BrN2. The summed E-state index contributed by atoms with van der Waals surface area (Å²) < 4.78 is 1.04. The van der Waals surface area contributed by atoms with Crippen LogP contribution in [-0.4, -0.2) is 0 Å². The van der Waals surface area contributed by atoms with Crippen LogP contribution >= 0.6 is 15.9 Å². The molecule has 0 aliphatic heterocycles. The highest BCUT2D eigenvalue weighted by molar-refractivity contribution is 9.10. The molecule has 1 aromatic carbocycles. The molecule has 3 heteroatoms. The fourth-order valence-electron chi connectivity index (χ4n) is 1.62. The van der Waals surface area contributed by atoms with Crippen LogP contribution in [0, 0.1) is 16.7 Å². The SMILES string of the molecule is N#CC1(C(N)c2ccc(Br)cc2)CC1. The summed E-state index contributed by atoms with van der Waals surface area (Å²) in [7, 11) is 0. The number of nitrogens with two attached hydrogens (primary N) is 1. The van der Waals surface area contributed by atoms with Crippen LogP contribution in [0.4, 0.5) is 0 Å². The van der Waals surface area contributed by atoms with Crippen molar-refractivity contribution in [3.63, 3.8) is 0 Å². The van der Waals surface area contributed by atoms with E-state index in [0.29, 0.717) is 0 Å². The predicted octanol–water partition coefficient (Wildman–Crippen LogP) is 2.75. The lowest BCUT2D eigenvalue weighted by molar-refractivity contribution is 0.519. The summed E-state index contributed by atoms with van der Waals surface area (Å²) in [6.07, 6.45) is 1.86. The van der Waals surface area contributed by atoms with E-state index in [9.17, 15) is 0 Å². The van der Waals surface area contributed by atoms with Crippen LogP contribution in [0.3, 0.4) is 0 Å². The first kappa shape index (κ1) is 9.70. The molecule has 2 nitrogen and oxygen atoms in total. The molecule has 0 bridgehead atoms. The second-order valence-corrected chi connectivity index (χ2v) is 4.71. The number of nitrogens with zero attached hydrogens (tertiary/aromatic N) is 1. The highest BCUT2D eigenvalue weighted by Gasteiger charge is 2.49. The lowest BCUT2D eigenvalue weighted by atomic mass is 9.92. The molecule has 2 rings (SSSR count). The van der Waals surface area contributed by atoms with E-state index in [4.69, 9.17) is 11.0 Å². The van der Waals surface area contributed by atoms with Crippen LogP contribution in [0.25, 0.3) is 0 Å². The summed E-state index contributed by atoms with van der Waals surface area (Å²) in [5.74, 6) is 0. The quantitative estimate of drug-likeness (QED) is 0.878. The molecule has 1 atom stereocenters. The summed E-state index contributed by atoms with van der Waals surface area (Å²) in [4.78, 5) is 0. The minimum absolute atomic E-state index is 0.138. The van der Waals surface area contributed by atoms with E-state index < -0.39 is 0 Å². The van der Waals surface area contributed by atoms with Crippen molar-refractivity contribution in [3.05, 3.63) is 34.3 Å². The number of hydrogen-bond donors (Lipinski definition) is 1. The molecule has 1 aromatic rings. The zero-order chi connectivity index (χ0) is 10.2. The van der Waals surface area contributed by atoms with E-state index >= 15 is 0 Å². The van der Waals surface area contributed by atoms with Gasteiger partial charge in [0.2, 0.25) is 0 Å². The van der Waals surface area contributed by atoms with E-state index in [2.05, 4.69) is 22.0 Å². The van der Waals surface area contributed by atoms with Crippen molar-refractivity contribution in [2.45, 2.75) is 18.9 Å². The minimum atomic E-state index is -0.284. The van der Waals surface area contributed by atoms with E-state index in [1.807, 2.05) is 24.3 Å². The fraction of sp³-hybridized carbons (Fsp3) is 0.364. The Balaban J connectivity index is 2.24. The van der Waals surface area contributed by atoms with E-state index in [1.165, 1.54) is 0 Å². The monoisotopic (exact) mass is 250 g/mol. The van der Waals surface area contributed by atoms with Crippen LogP contribution in [0.1, 0.15) is 24.4 Å². The first-order valence-electron chi connectivity index (χ1n) is 4.60. The highest BCUT2D eigenvalue weighted by atomic mass is 79.9. The van der Waals surface area contributed by atoms with Gasteiger partial charge in [0, 0.05) is 10.5 Å². The Kier molecular flexibility index (Phi) is 2.34. The lowest BCUT2D eigenvalue weighted by Gasteiger charge is -2.16. The maximum atomic E-state index is 9.00. The maximum absolute atomic E-state index is 9.00. The normalized spacial score (nSPS) is 19.8. The van der Waals surface area contributed by atoms with Gasteiger partial charge < -0.3 is 5.73 Å². The van der Waals surface area contributed by atoms with Crippen molar-refractivity contribution in [2.75, 3.05) is 0 Å². The van der Waals surface area contributed by atoms with E-state index in [0.717, 1.165) is 22.9 Å². The molecule has 14 heavy (non-hydrogen) atoms. The highest BCUT2D eigenvalue weighted by Crippen LogP contribution is 2.53. The molecule has 2 N–H and O–H groups in total. The van der Waals surface area contributed by atoms with Crippen LogP contribution in [0.15, 0.2) is 28.7 Å². The average Bonchev–Trinajstić information content (AvgIpc) is 2.99. The van der Waals surface area contributed by atoms with Gasteiger partial charge in [-0.2, -0.15) is 5.26 Å². The molecular weight excluding hydrogens is 240 g/mol. The second-order valence-electron chi connectivity index (χ2n) is 3.80. The molecule has 1 saturated carbocycles. The molecule has 1 aliphatic rings. The zero-order valence-corrected chi connectivity index (χ0v) is 9.29. The van der Waals surface area contributed by atoms with Crippen molar-refractivity contribution in [1.82, 2.24) is 0 Å². The minimum Gasteiger partial charge on any atom is -0.323 e. The molecule has 0 heterocycles. The van der Waals surface area contributed by atoms with Crippen molar-refractivity contribution < 1.29 is 0 Å². The van der Waals surface area contributed by atoms with Gasteiger partial charge in [0.1, 0.15) is 0 Å². The summed E-state index contributed by atoms with van der Waals surface area (Å²) in [5.41, 5.74) is 6.82. The number of rotatable bonds is 2. The molecule has 0 amide bonds. The number of hydrogen-bond acceptors (Lipinski definition) is 2. The van der Waals surface area contributed by atoms with Crippen molar-refractivity contribution in [3.8, 4) is 6.07 Å². The first-order chi connectivity index (χ1) is 6.68. The topological polar surface area (TPSA) is 49.8 Å². The van der Waals surface area contributed by atoms with Gasteiger partial charge in [0.15, 0.2) is 0 Å². The molecule has 72 valence electrons. The Morgan fingerprint density at radius 2 is 1.93 bits per heavy atom. The Hall–Kier alpha value is -0.850. The standard InChI is InChI=1S/C11H11BrN2/c12-9-3-1-8(2-4-9)10(14)11(7-13)5-6-11/h1-4,10H,5-6,14H2. The fourth-order valence-corrected chi connectivity index (χ4v) is 1.88. The smallest absolute Gasteiger partial charge is 0.0767 e. The molecule has 0 spiro atoms.